The van der Waals surface area contributed by atoms with Gasteiger partial charge in [0.1, 0.15) is 18.4 Å². The van der Waals surface area contributed by atoms with Crippen LogP contribution in [0.5, 0.6) is 5.75 Å². The summed E-state index contributed by atoms with van der Waals surface area (Å²) in [5, 5.41) is 4.22. The van der Waals surface area contributed by atoms with E-state index in [0.717, 1.165) is 36.8 Å². The third-order valence-electron chi connectivity index (χ3n) is 6.25. The lowest BCUT2D eigenvalue weighted by molar-refractivity contribution is -0.122. The second-order valence-corrected chi connectivity index (χ2v) is 8.58. The van der Waals surface area contributed by atoms with Crippen molar-refractivity contribution in [2.45, 2.75) is 52.0 Å². The van der Waals surface area contributed by atoms with Crippen molar-refractivity contribution in [1.29, 1.82) is 0 Å². The summed E-state index contributed by atoms with van der Waals surface area (Å²) in [6.07, 6.45) is 1.16. The summed E-state index contributed by atoms with van der Waals surface area (Å²) in [6, 6.07) is 4.20. The minimum atomic E-state index is -0.284. The summed E-state index contributed by atoms with van der Waals surface area (Å²) in [6.45, 7) is 11.4. The Balaban J connectivity index is 1.82. The Hall–Kier alpha value is -2.08. The second-order valence-electron chi connectivity index (χ2n) is 8.58. The fourth-order valence-corrected chi connectivity index (χ4v) is 4.74. The normalized spacial score (nSPS) is 28.2. The molecule has 6 nitrogen and oxygen atoms in total. The first-order chi connectivity index (χ1) is 12.9. The predicted octanol–water partition coefficient (Wildman–Crippen LogP) is 2.90. The molecular formula is C21H30N4O2. The molecule has 4 rings (SSSR count). The van der Waals surface area contributed by atoms with E-state index >= 15 is 0 Å². The zero-order chi connectivity index (χ0) is 19.3. The van der Waals surface area contributed by atoms with Crippen LogP contribution in [0.1, 0.15) is 57.1 Å². The molecule has 1 fully saturated rings. The van der Waals surface area contributed by atoms with E-state index in [1.165, 1.54) is 11.1 Å². The van der Waals surface area contributed by atoms with Gasteiger partial charge in [-0.15, -0.1) is 0 Å². The van der Waals surface area contributed by atoms with Gasteiger partial charge in [0.2, 0.25) is 0 Å². The molecule has 3 atom stereocenters. The number of hydrogen-bond acceptors (Lipinski definition) is 5. The number of ether oxygens (including phenoxy) is 1. The molecule has 1 aromatic carbocycles. The van der Waals surface area contributed by atoms with E-state index in [2.05, 4.69) is 55.4 Å². The molecule has 27 heavy (non-hydrogen) atoms. The molecule has 1 amide bonds. The molecule has 6 heteroatoms. The summed E-state index contributed by atoms with van der Waals surface area (Å²) in [4.78, 5) is 16.7. The smallest absolute Gasteiger partial charge is 0.262 e. The molecule has 0 saturated carbocycles. The lowest BCUT2D eigenvalue weighted by atomic mass is 9.77. The van der Waals surface area contributed by atoms with Crippen molar-refractivity contribution in [1.82, 2.24) is 10.3 Å². The van der Waals surface area contributed by atoms with Gasteiger partial charge in [-0.05, 0) is 68.0 Å². The van der Waals surface area contributed by atoms with E-state index in [4.69, 9.17) is 4.74 Å². The van der Waals surface area contributed by atoms with Crippen LogP contribution in [0.15, 0.2) is 17.2 Å². The summed E-state index contributed by atoms with van der Waals surface area (Å²) in [5.41, 5.74) is 6.36. The van der Waals surface area contributed by atoms with Gasteiger partial charge in [-0.2, -0.15) is 5.10 Å². The van der Waals surface area contributed by atoms with Crippen molar-refractivity contribution in [3.63, 3.8) is 0 Å². The van der Waals surface area contributed by atoms with Crippen molar-refractivity contribution < 1.29 is 9.53 Å². The fraction of sp³-hybridized carbons (Fsp3) is 0.619. The van der Waals surface area contributed by atoms with Gasteiger partial charge in [0.05, 0.1) is 5.69 Å². The number of amidine groups is 1. The third-order valence-corrected chi connectivity index (χ3v) is 6.25. The molecule has 0 spiro atoms. The first-order valence-corrected chi connectivity index (χ1v) is 10.0. The molecule has 1 N–H and O–H groups in total. The summed E-state index contributed by atoms with van der Waals surface area (Å²) >= 11 is 0. The quantitative estimate of drug-likeness (QED) is 0.870. The Labute approximate surface area is 161 Å². The first-order valence-electron chi connectivity index (χ1n) is 10.0. The zero-order valence-corrected chi connectivity index (χ0v) is 17.0. The first kappa shape index (κ1) is 18.3. The Morgan fingerprint density at radius 1 is 1.30 bits per heavy atom. The van der Waals surface area contributed by atoms with E-state index in [9.17, 15) is 4.79 Å². The standard InChI is InChI=1S/C21H30N4O2/c1-12(2)16-9-19-18(8-17(16)15-6-7-24(5)10-13(15)3)25-14(4)21(26)23-22-20(25)11-27-19/h8-9,12-15H,6-7,10-11H2,1-5H3,(H,23,26)/t13-,14+,15+/m0/s1. The van der Waals surface area contributed by atoms with Gasteiger partial charge in [0.25, 0.3) is 5.91 Å². The number of rotatable bonds is 2. The Bertz CT molecular complexity index is 789. The van der Waals surface area contributed by atoms with Crippen LogP contribution in [0, 0.1) is 5.92 Å². The van der Waals surface area contributed by atoms with Gasteiger partial charge in [-0.1, -0.05) is 20.8 Å². The van der Waals surface area contributed by atoms with E-state index in [-0.39, 0.29) is 11.9 Å². The Morgan fingerprint density at radius 3 is 2.78 bits per heavy atom. The highest BCUT2D eigenvalue weighted by molar-refractivity contribution is 6.09. The highest BCUT2D eigenvalue weighted by Gasteiger charge is 2.37. The monoisotopic (exact) mass is 370 g/mol. The van der Waals surface area contributed by atoms with Crippen LogP contribution in [-0.4, -0.2) is 49.4 Å². The van der Waals surface area contributed by atoms with Crippen molar-refractivity contribution in [2.75, 3.05) is 31.6 Å². The molecule has 1 aromatic rings. The van der Waals surface area contributed by atoms with Crippen LogP contribution >= 0.6 is 0 Å². The highest BCUT2D eigenvalue weighted by Crippen LogP contribution is 2.44. The van der Waals surface area contributed by atoms with Crippen LogP contribution < -0.4 is 15.1 Å². The summed E-state index contributed by atoms with van der Waals surface area (Å²) in [5.74, 6) is 3.11. The largest absolute Gasteiger partial charge is 0.483 e. The lowest BCUT2D eigenvalue weighted by Crippen LogP contribution is -2.55. The minimum absolute atomic E-state index is 0.0752. The highest BCUT2D eigenvalue weighted by atomic mass is 16.5. The van der Waals surface area contributed by atoms with Gasteiger partial charge in [-0.3, -0.25) is 4.79 Å². The number of benzene rings is 1. The number of carbonyl (C=O) groups is 1. The molecule has 0 bridgehead atoms. The van der Waals surface area contributed by atoms with Crippen LogP contribution in [0.3, 0.4) is 0 Å². The molecule has 3 aliphatic heterocycles. The van der Waals surface area contributed by atoms with Gasteiger partial charge in [0, 0.05) is 6.54 Å². The third kappa shape index (κ3) is 3.10. The number of carbonyl (C=O) groups excluding carboxylic acids is 1. The number of anilines is 1. The number of hydrazone groups is 1. The average molecular weight is 370 g/mol. The molecule has 0 unspecified atom stereocenters. The number of amides is 1. The van der Waals surface area contributed by atoms with Crippen LogP contribution in [0.4, 0.5) is 5.69 Å². The maximum atomic E-state index is 12.2. The number of likely N-dealkylation sites (tertiary alicyclic amines) is 1. The lowest BCUT2D eigenvalue weighted by Gasteiger charge is -2.40. The van der Waals surface area contributed by atoms with E-state index in [1.807, 2.05) is 11.8 Å². The SMILES string of the molecule is CC(C)c1cc2c(cc1[C@@H]1CCN(C)C[C@@H]1C)N1C(=NNC(=O)[C@H]1C)CO2. The Morgan fingerprint density at radius 2 is 2.07 bits per heavy atom. The van der Waals surface area contributed by atoms with Crippen molar-refractivity contribution in [3.05, 3.63) is 23.3 Å². The van der Waals surface area contributed by atoms with Gasteiger partial charge >= 0.3 is 0 Å². The fourth-order valence-electron chi connectivity index (χ4n) is 4.74. The Kier molecular flexibility index (Phi) is 4.62. The number of nitrogens with zero attached hydrogens (tertiary/aromatic N) is 3. The molecule has 0 aliphatic carbocycles. The summed E-state index contributed by atoms with van der Waals surface area (Å²) < 4.78 is 6.02. The van der Waals surface area contributed by atoms with Crippen LogP contribution in [0.2, 0.25) is 0 Å². The predicted molar refractivity (Wildman–Crippen MR) is 108 cm³/mol. The second kappa shape index (κ2) is 6.82. The average Bonchev–Trinajstić information content (AvgIpc) is 2.63. The topological polar surface area (TPSA) is 57.2 Å². The maximum absolute atomic E-state index is 12.2. The molecule has 0 radical (unpaired) electrons. The summed E-state index contributed by atoms with van der Waals surface area (Å²) in [7, 11) is 2.20. The number of hydrogen-bond donors (Lipinski definition) is 1. The van der Waals surface area contributed by atoms with E-state index in [0.29, 0.717) is 24.4 Å². The van der Waals surface area contributed by atoms with Crippen molar-refractivity contribution >= 4 is 17.4 Å². The molecule has 1 saturated heterocycles. The number of fused-ring (bicyclic) bond motifs is 3. The van der Waals surface area contributed by atoms with Crippen molar-refractivity contribution in [3.8, 4) is 5.75 Å². The maximum Gasteiger partial charge on any atom is 0.262 e. The molecule has 0 aromatic heterocycles. The molecular weight excluding hydrogens is 340 g/mol. The van der Waals surface area contributed by atoms with E-state index < -0.39 is 0 Å². The zero-order valence-electron chi connectivity index (χ0n) is 17.0. The van der Waals surface area contributed by atoms with Gasteiger partial charge in [0.15, 0.2) is 5.84 Å². The van der Waals surface area contributed by atoms with Gasteiger partial charge < -0.3 is 14.5 Å². The van der Waals surface area contributed by atoms with Crippen LogP contribution in [-0.2, 0) is 4.79 Å². The van der Waals surface area contributed by atoms with Crippen molar-refractivity contribution in [2.24, 2.45) is 11.0 Å². The molecule has 3 aliphatic rings. The molecule has 146 valence electrons. The van der Waals surface area contributed by atoms with Crippen LogP contribution in [0.25, 0.3) is 0 Å². The minimum Gasteiger partial charge on any atom is -0.483 e. The number of nitrogens with one attached hydrogen (secondary N) is 1. The number of piperidine rings is 1. The van der Waals surface area contributed by atoms with E-state index in [1.54, 1.807) is 0 Å². The van der Waals surface area contributed by atoms with Gasteiger partial charge in [-0.25, -0.2) is 5.43 Å². The molecule has 3 heterocycles.